The van der Waals surface area contributed by atoms with Crippen molar-refractivity contribution in [2.45, 2.75) is 199 Å². The summed E-state index contributed by atoms with van der Waals surface area (Å²) in [5.41, 5.74) is -3.06. The van der Waals surface area contributed by atoms with Gasteiger partial charge in [-0.05, 0) is 73.4 Å². The highest BCUT2D eigenvalue weighted by Gasteiger charge is 2.57. The van der Waals surface area contributed by atoms with E-state index in [0.717, 1.165) is 6.54 Å². The van der Waals surface area contributed by atoms with E-state index in [1.54, 1.807) is 14.0 Å². The molecule has 0 aliphatic carbocycles. The number of nitrogens with one attached hydrogen (secondary N) is 1. The fourth-order valence-electron chi connectivity index (χ4n) is 9.68. The molecule has 0 spiro atoms. The number of likely N-dealkylation sites (N-methyl/N-ethyl adjacent to an activating group) is 1. The molecule has 4 saturated heterocycles. The summed E-state index contributed by atoms with van der Waals surface area (Å²) in [5, 5.41) is 38.7. The normalized spacial score (nSPS) is 50.3. The summed E-state index contributed by atoms with van der Waals surface area (Å²) in [4.78, 5) is 16.5. The topological polar surface area (TPSA) is 148 Å². The van der Waals surface area contributed by atoms with Crippen molar-refractivity contribution in [1.82, 2.24) is 10.2 Å². The number of fused-ring (bicyclic) bond motifs is 2. The van der Waals surface area contributed by atoms with Gasteiger partial charge in [0.15, 0.2) is 12.6 Å². The minimum atomic E-state index is -1.64. The van der Waals surface area contributed by atoms with Crippen LogP contribution in [0.3, 0.4) is 0 Å². The Morgan fingerprint density at radius 1 is 0.941 bits per heavy atom. The van der Waals surface area contributed by atoms with Crippen molar-refractivity contribution >= 4 is 5.91 Å². The number of rotatable bonds is 9. The minimum absolute atomic E-state index is 0.00673. The molecule has 1 amide bonds. The third-order valence-electron chi connectivity index (χ3n) is 12.9. The number of aliphatic hydroxyl groups excluding tert-OH is 2. The van der Waals surface area contributed by atoms with E-state index in [1.807, 2.05) is 62.4 Å². The molecule has 0 aromatic carbocycles. The first-order valence-electron chi connectivity index (χ1n) is 19.7. The Kier molecular flexibility index (Phi) is 14.1. The van der Waals surface area contributed by atoms with Gasteiger partial charge in [-0.1, -0.05) is 48.0 Å². The van der Waals surface area contributed by atoms with Gasteiger partial charge in [-0.2, -0.15) is 0 Å². The Hall–Kier alpha value is -0.930. The van der Waals surface area contributed by atoms with Gasteiger partial charge in [-0.3, -0.25) is 4.79 Å². The lowest BCUT2D eigenvalue weighted by Gasteiger charge is -2.48. The Labute approximate surface area is 307 Å². The summed E-state index contributed by atoms with van der Waals surface area (Å²) >= 11 is 0. The van der Waals surface area contributed by atoms with E-state index in [2.05, 4.69) is 24.1 Å². The molecule has 18 atom stereocenters. The third-order valence-corrected chi connectivity index (χ3v) is 12.9. The van der Waals surface area contributed by atoms with E-state index in [-0.39, 0.29) is 30.1 Å². The van der Waals surface area contributed by atoms with Crippen molar-refractivity contribution in [2.75, 3.05) is 20.7 Å². The van der Waals surface area contributed by atoms with Crippen LogP contribution < -0.4 is 5.32 Å². The molecule has 4 rings (SSSR count). The van der Waals surface area contributed by atoms with E-state index in [9.17, 15) is 20.1 Å². The van der Waals surface area contributed by atoms with Gasteiger partial charge in [0.25, 0.3) is 0 Å². The van der Waals surface area contributed by atoms with Crippen LogP contribution >= 0.6 is 0 Å². The molecule has 4 aliphatic heterocycles. The zero-order valence-corrected chi connectivity index (χ0v) is 33.8. The maximum absolute atomic E-state index is 14.4. The van der Waals surface area contributed by atoms with Crippen LogP contribution in [0.4, 0.5) is 0 Å². The van der Waals surface area contributed by atoms with Gasteiger partial charge in [0, 0.05) is 37.8 Å². The minimum Gasteiger partial charge on any atom is -0.390 e. The van der Waals surface area contributed by atoms with Crippen molar-refractivity contribution in [3.05, 3.63) is 0 Å². The van der Waals surface area contributed by atoms with Crippen LogP contribution in [0.1, 0.15) is 115 Å². The van der Waals surface area contributed by atoms with E-state index in [0.29, 0.717) is 38.5 Å². The predicted molar refractivity (Wildman–Crippen MR) is 194 cm³/mol. The lowest BCUT2D eigenvalue weighted by Crippen LogP contribution is -2.61. The van der Waals surface area contributed by atoms with Crippen LogP contribution in [-0.2, 0) is 33.2 Å². The third kappa shape index (κ3) is 9.14. The summed E-state index contributed by atoms with van der Waals surface area (Å²) in [6, 6.07) is -0.893. The Balaban J connectivity index is 1.83. The van der Waals surface area contributed by atoms with E-state index in [1.165, 1.54) is 0 Å². The molecule has 4 aliphatic rings. The highest BCUT2D eigenvalue weighted by Crippen LogP contribution is 2.47. The average Bonchev–Trinajstić information content (AvgIpc) is 3.38. The molecule has 12 nitrogen and oxygen atoms in total. The number of ether oxygens (including phenoxy) is 6. The molecule has 51 heavy (non-hydrogen) atoms. The summed E-state index contributed by atoms with van der Waals surface area (Å²) in [5.74, 6) is -2.00. The fraction of sp³-hybridized carbons (Fsp3) is 0.974. The molecular weight excluding hydrogens is 656 g/mol. The van der Waals surface area contributed by atoms with Gasteiger partial charge < -0.3 is 54.0 Å². The summed E-state index contributed by atoms with van der Waals surface area (Å²) in [6.45, 7) is 22.3. The van der Waals surface area contributed by atoms with Crippen molar-refractivity contribution in [3.8, 4) is 0 Å². The molecule has 0 unspecified atom stereocenters. The second-order valence-corrected chi connectivity index (χ2v) is 17.4. The maximum atomic E-state index is 14.4. The van der Waals surface area contributed by atoms with Crippen LogP contribution in [0.2, 0.25) is 0 Å². The van der Waals surface area contributed by atoms with Crippen molar-refractivity contribution in [1.29, 1.82) is 0 Å². The number of amides is 1. The van der Waals surface area contributed by atoms with Crippen molar-refractivity contribution in [2.24, 2.45) is 23.7 Å². The van der Waals surface area contributed by atoms with Gasteiger partial charge in [-0.15, -0.1) is 0 Å². The van der Waals surface area contributed by atoms with Crippen molar-refractivity contribution in [3.63, 3.8) is 0 Å². The number of hydrogen-bond donors (Lipinski definition) is 4. The largest absolute Gasteiger partial charge is 0.390 e. The first-order chi connectivity index (χ1) is 23.7. The monoisotopic (exact) mass is 729 g/mol. The molecule has 4 fully saturated rings. The van der Waals surface area contributed by atoms with Gasteiger partial charge >= 0.3 is 0 Å². The molecule has 0 aromatic rings. The molecule has 0 radical (unpaired) electrons. The number of nitrogens with zero attached hydrogens (tertiary/aromatic N) is 1. The van der Waals surface area contributed by atoms with Crippen LogP contribution in [0, 0.1) is 23.7 Å². The lowest BCUT2D eigenvalue weighted by atomic mass is 9.75. The summed E-state index contributed by atoms with van der Waals surface area (Å²) in [7, 11) is 3.69. The van der Waals surface area contributed by atoms with Gasteiger partial charge in [0.2, 0.25) is 5.91 Å². The molecule has 4 N–H and O–H groups in total. The maximum Gasteiger partial charge on any atom is 0.225 e. The Morgan fingerprint density at radius 2 is 1.61 bits per heavy atom. The average molecular weight is 729 g/mol. The van der Waals surface area contributed by atoms with Gasteiger partial charge in [0.1, 0.15) is 11.7 Å². The van der Waals surface area contributed by atoms with Crippen LogP contribution in [0.25, 0.3) is 0 Å². The number of aliphatic hydroxyl groups is 3. The molecule has 298 valence electrons. The fourth-order valence-corrected chi connectivity index (χ4v) is 9.68. The predicted octanol–water partition coefficient (Wildman–Crippen LogP) is 4.01. The lowest BCUT2D eigenvalue weighted by molar-refractivity contribution is -0.311. The van der Waals surface area contributed by atoms with E-state index < -0.39 is 83.7 Å². The van der Waals surface area contributed by atoms with Crippen LogP contribution in [0.15, 0.2) is 0 Å². The molecular formula is C39H72N2O10. The smallest absolute Gasteiger partial charge is 0.225 e. The quantitative estimate of drug-likeness (QED) is 0.273. The van der Waals surface area contributed by atoms with Gasteiger partial charge in [0.05, 0.1) is 59.8 Å². The number of methoxy groups -OCH3 is 1. The summed E-state index contributed by atoms with van der Waals surface area (Å²) < 4.78 is 39.6. The Bertz CT molecular complexity index is 1150. The number of hydrogen-bond acceptors (Lipinski definition) is 11. The Morgan fingerprint density at radius 3 is 2.22 bits per heavy atom. The second-order valence-electron chi connectivity index (χ2n) is 17.4. The zero-order valence-electron chi connectivity index (χ0n) is 33.8. The van der Waals surface area contributed by atoms with Crippen LogP contribution in [0.5, 0.6) is 0 Å². The first kappa shape index (κ1) is 42.8. The summed E-state index contributed by atoms with van der Waals surface area (Å²) in [6.07, 6.45) is -2.38. The van der Waals surface area contributed by atoms with E-state index in [4.69, 9.17) is 28.4 Å². The highest BCUT2D eigenvalue weighted by molar-refractivity contribution is 5.79. The molecule has 4 heterocycles. The van der Waals surface area contributed by atoms with Gasteiger partial charge in [-0.25, -0.2) is 0 Å². The van der Waals surface area contributed by atoms with Crippen LogP contribution in [-0.4, -0.2) is 131 Å². The number of carbonyl (C=O) groups is 1. The van der Waals surface area contributed by atoms with E-state index >= 15 is 0 Å². The molecule has 2 bridgehead atoms. The molecule has 0 aromatic heterocycles. The SMILES string of the molecule is CCC[C@@H]1NC(=O)[C@H](C)[C@@H](O[C@H]2C[C@@](C)(OC)C[C@H](C)O2)[C@H](C)[C@@H](O[C@@H]2O[C@H](C)C[C@H](N(C)CC)[C@H]2O)[C@@]2(C)C[C@@H](C)[C@@H](O2)[C@@H](C)[C@@H](O)[C@]1(C)O. The molecule has 12 heteroatoms. The number of carbonyl (C=O) groups excluding carboxylic acids is 1. The van der Waals surface area contributed by atoms with Crippen molar-refractivity contribution < 1.29 is 48.5 Å². The standard InChI is InChI=1S/C39H72N2O10/c1-14-16-28-39(11,45)33(43)24(6)31-21(3)18-38(10,51-31)34(50-36-30(42)27(41(12)15-2)17-22(4)48-36)25(7)32(26(8)35(44)40-28)49-29-20-37(9,46-13)19-23(5)47-29/h21-34,36,42-43,45H,14-20H2,1-13H3,(H,40,44)/t21-,22-,23+,24-,25+,26-,27+,28+,29+,30-,31-,32+,33-,34-,36+,37+,38-,39-/m1/s1. The second kappa shape index (κ2) is 16.8. The molecule has 0 saturated carbocycles. The first-order valence-corrected chi connectivity index (χ1v) is 19.7. The highest BCUT2D eigenvalue weighted by atomic mass is 16.7. The zero-order chi connectivity index (χ0) is 38.2.